The molecule has 0 spiro atoms. The highest BCUT2D eigenvalue weighted by atomic mass is 19.4. The standard InChI is InChI=1S/C11H12F6O/c1-7-3-5-8(2,6-4-7)9(18,10(12,13)14)11(15,16)17/h3-5,18H,6H2,1-2H3. The van der Waals surface area contributed by atoms with Gasteiger partial charge in [-0.3, -0.25) is 0 Å². The average Bonchev–Trinajstić information content (AvgIpc) is 2.18. The molecule has 1 rings (SSSR count). The van der Waals surface area contributed by atoms with E-state index in [1.165, 1.54) is 6.08 Å². The lowest BCUT2D eigenvalue weighted by Gasteiger charge is -2.45. The van der Waals surface area contributed by atoms with Crippen molar-refractivity contribution in [2.75, 3.05) is 0 Å². The summed E-state index contributed by atoms with van der Waals surface area (Å²) < 4.78 is 76.2. The minimum atomic E-state index is -5.80. The molecule has 18 heavy (non-hydrogen) atoms. The van der Waals surface area contributed by atoms with Crippen LogP contribution < -0.4 is 0 Å². The summed E-state index contributed by atoms with van der Waals surface area (Å²) in [6.07, 6.45) is -8.99. The second-order valence-corrected chi connectivity index (χ2v) is 4.61. The van der Waals surface area contributed by atoms with Gasteiger partial charge in [-0.2, -0.15) is 26.3 Å². The molecule has 0 aromatic carbocycles. The van der Waals surface area contributed by atoms with Crippen molar-refractivity contribution in [3.05, 3.63) is 23.8 Å². The zero-order valence-electron chi connectivity index (χ0n) is 9.65. The normalized spacial score (nSPS) is 26.2. The van der Waals surface area contributed by atoms with Crippen molar-refractivity contribution in [3.8, 4) is 0 Å². The molecule has 104 valence electrons. The van der Waals surface area contributed by atoms with E-state index in [0.717, 1.165) is 19.1 Å². The summed E-state index contributed by atoms with van der Waals surface area (Å²) in [7, 11) is 0. The van der Waals surface area contributed by atoms with Crippen LogP contribution in [0.5, 0.6) is 0 Å². The van der Waals surface area contributed by atoms with Gasteiger partial charge in [0.2, 0.25) is 0 Å². The first-order chi connectivity index (χ1) is 7.85. The molecule has 0 fully saturated rings. The fourth-order valence-electron chi connectivity index (χ4n) is 1.90. The monoisotopic (exact) mass is 274 g/mol. The number of rotatable bonds is 1. The van der Waals surface area contributed by atoms with Crippen molar-refractivity contribution < 1.29 is 31.4 Å². The molecule has 1 N–H and O–H groups in total. The van der Waals surface area contributed by atoms with Gasteiger partial charge in [0.25, 0.3) is 5.60 Å². The van der Waals surface area contributed by atoms with Crippen molar-refractivity contribution in [1.29, 1.82) is 0 Å². The van der Waals surface area contributed by atoms with Crippen molar-refractivity contribution in [2.45, 2.75) is 38.2 Å². The number of hydrogen-bond donors (Lipinski definition) is 1. The zero-order chi connectivity index (χ0) is 14.4. The van der Waals surface area contributed by atoms with Crippen LogP contribution in [0, 0.1) is 5.41 Å². The summed E-state index contributed by atoms with van der Waals surface area (Å²) >= 11 is 0. The van der Waals surface area contributed by atoms with Crippen molar-refractivity contribution in [2.24, 2.45) is 5.41 Å². The quantitative estimate of drug-likeness (QED) is 0.722. The molecule has 7 heteroatoms. The van der Waals surface area contributed by atoms with Crippen LogP contribution in [-0.2, 0) is 0 Å². The second-order valence-electron chi connectivity index (χ2n) is 4.61. The number of halogens is 6. The summed E-state index contributed by atoms with van der Waals surface area (Å²) in [5.74, 6) is 0. The highest BCUT2D eigenvalue weighted by Gasteiger charge is 2.77. The van der Waals surface area contributed by atoms with E-state index in [1.54, 1.807) is 6.92 Å². The van der Waals surface area contributed by atoms with E-state index >= 15 is 0 Å². The van der Waals surface area contributed by atoms with Crippen molar-refractivity contribution in [1.82, 2.24) is 0 Å². The molecule has 1 aliphatic carbocycles. The topological polar surface area (TPSA) is 20.2 Å². The van der Waals surface area contributed by atoms with E-state index < -0.39 is 29.8 Å². The molecular weight excluding hydrogens is 262 g/mol. The third-order valence-corrected chi connectivity index (χ3v) is 3.21. The fraction of sp³-hybridized carbons (Fsp3) is 0.636. The van der Waals surface area contributed by atoms with Gasteiger partial charge in [0.1, 0.15) is 0 Å². The van der Waals surface area contributed by atoms with E-state index in [9.17, 15) is 31.4 Å². The Morgan fingerprint density at radius 2 is 1.56 bits per heavy atom. The number of hydrogen-bond acceptors (Lipinski definition) is 1. The molecule has 0 bridgehead atoms. The van der Waals surface area contributed by atoms with Crippen LogP contribution in [-0.4, -0.2) is 23.1 Å². The van der Waals surface area contributed by atoms with E-state index in [2.05, 4.69) is 0 Å². The maximum atomic E-state index is 12.7. The molecule has 1 aliphatic rings. The van der Waals surface area contributed by atoms with Crippen molar-refractivity contribution >= 4 is 0 Å². The largest absolute Gasteiger partial charge is 0.427 e. The smallest absolute Gasteiger partial charge is 0.373 e. The highest BCUT2D eigenvalue weighted by molar-refractivity contribution is 5.29. The summed E-state index contributed by atoms with van der Waals surface area (Å²) in [5, 5.41) is 9.32. The van der Waals surface area contributed by atoms with Gasteiger partial charge in [0.05, 0.1) is 0 Å². The van der Waals surface area contributed by atoms with Gasteiger partial charge in [0.15, 0.2) is 0 Å². The van der Waals surface area contributed by atoms with Gasteiger partial charge in [-0.15, -0.1) is 0 Å². The number of allylic oxidation sites excluding steroid dienone is 3. The first kappa shape index (κ1) is 15.1. The Balaban J connectivity index is 3.36. The average molecular weight is 274 g/mol. The van der Waals surface area contributed by atoms with Gasteiger partial charge in [-0.05, 0) is 13.3 Å². The molecule has 0 radical (unpaired) electrons. The number of alkyl halides is 6. The molecule has 0 saturated carbocycles. The second kappa shape index (κ2) is 4.01. The molecule has 0 aromatic heterocycles. The minimum Gasteiger partial charge on any atom is -0.373 e. The maximum Gasteiger partial charge on any atom is 0.427 e. The third-order valence-electron chi connectivity index (χ3n) is 3.21. The molecule has 0 saturated heterocycles. The van der Waals surface area contributed by atoms with Crippen LogP contribution in [0.15, 0.2) is 23.8 Å². The minimum absolute atomic E-state index is 0.537. The summed E-state index contributed by atoms with van der Waals surface area (Å²) in [4.78, 5) is 0. The zero-order valence-corrected chi connectivity index (χ0v) is 9.65. The van der Waals surface area contributed by atoms with Gasteiger partial charge >= 0.3 is 12.4 Å². The Bertz CT molecular complexity index is 375. The van der Waals surface area contributed by atoms with Crippen LogP contribution in [0.2, 0.25) is 0 Å². The summed E-state index contributed by atoms with van der Waals surface area (Å²) in [6.45, 7) is 2.30. The van der Waals surface area contributed by atoms with E-state index in [1.807, 2.05) is 0 Å². The Hall–Kier alpha value is -0.980. The third kappa shape index (κ3) is 2.04. The molecule has 1 unspecified atom stereocenters. The van der Waals surface area contributed by atoms with E-state index in [4.69, 9.17) is 0 Å². The molecule has 1 nitrogen and oxygen atoms in total. The van der Waals surface area contributed by atoms with Gasteiger partial charge in [0, 0.05) is 5.41 Å². The van der Waals surface area contributed by atoms with Gasteiger partial charge in [-0.25, -0.2) is 0 Å². The molecule has 0 aliphatic heterocycles. The van der Waals surface area contributed by atoms with E-state index in [0.29, 0.717) is 5.57 Å². The van der Waals surface area contributed by atoms with Crippen molar-refractivity contribution in [3.63, 3.8) is 0 Å². The highest BCUT2D eigenvalue weighted by Crippen LogP contribution is 2.56. The molecule has 1 atom stereocenters. The molecular formula is C11H12F6O. The Kier molecular flexibility index (Phi) is 3.36. The Morgan fingerprint density at radius 1 is 1.11 bits per heavy atom. The van der Waals surface area contributed by atoms with E-state index in [-0.39, 0.29) is 0 Å². The van der Waals surface area contributed by atoms with Gasteiger partial charge < -0.3 is 5.11 Å². The lowest BCUT2D eigenvalue weighted by Crippen LogP contribution is -2.65. The lowest BCUT2D eigenvalue weighted by atomic mass is 9.67. The SMILES string of the molecule is CC1=CCC(C)(C(O)(C(F)(F)F)C(F)(F)F)C=C1. The first-order valence-corrected chi connectivity index (χ1v) is 5.07. The van der Waals surface area contributed by atoms with Crippen LogP contribution in [0.25, 0.3) is 0 Å². The molecule has 0 amide bonds. The Labute approximate surface area is 99.8 Å². The van der Waals surface area contributed by atoms with Crippen LogP contribution in [0.3, 0.4) is 0 Å². The lowest BCUT2D eigenvalue weighted by molar-refractivity contribution is -0.395. The van der Waals surface area contributed by atoms with Crippen LogP contribution in [0.1, 0.15) is 20.3 Å². The summed E-state index contributed by atoms with van der Waals surface area (Å²) in [6, 6.07) is 0. The fourth-order valence-corrected chi connectivity index (χ4v) is 1.90. The van der Waals surface area contributed by atoms with Crippen LogP contribution in [0.4, 0.5) is 26.3 Å². The molecule has 0 heterocycles. The predicted molar refractivity (Wildman–Crippen MR) is 52.7 cm³/mol. The summed E-state index contributed by atoms with van der Waals surface area (Å²) in [5.41, 5.74) is -6.68. The Morgan fingerprint density at radius 3 is 1.83 bits per heavy atom. The molecule has 0 aromatic rings. The number of aliphatic hydroxyl groups is 1. The maximum absolute atomic E-state index is 12.7. The van der Waals surface area contributed by atoms with Crippen LogP contribution >= 0.6 is 0 Å². The van der Waals surface area contributed by atoms with Gasteiger partial charge in [-0.1, -0.05) is 30.7 Å². The predicted octanol–water partition coefficient (Wildman–Crippen LogP) is 3.75. The first-order valence-electron chi connectivity index (χ1n) is 5.07.